The summed E-state index contributed by atoms with van der Waals surface area (Å²) < 4.78 is 76.6. The van der Waals surface area contributed by atoms with Crippen molar-refractivity contribution in [3.63, 3.8) is 0 Å². The molecular formula is C49H32N2. The third-order valence-electron chi connectivity index (χ3n) is 10.6. The van der Waals surface area contributed by atoms with Crippen LogP contribution in [0.4, 0.5) is 0 Å². The molecule has 0 spiro atoms. The molecule has 1 aromatic heterocycles. The minimum Gasteiger partial charge on any atom is -0.296 e. The van der Waals surface area contributed by atoms with Crippen molar-refractivity contribution < 1.29 is 11.0 Å². The van der Waals surface area contributed by atoms with Crippen LogP contribution in [0.25, 0.3) is 104 Å². The molecule has 51 heavy (non-hydrogen) atoms. The number of aromatic nitrogens is 2. The van der Waals surface area contributed by atoms with Crippen LogP contribution >= 0.6 is 0 Å². The predicted molar refractivity (Wildman–Crippen MR) is 216 cm³/mol. The standard InChI is InChI=1S/C49H32N2/c1-2-46-50-43-24-11-12-25-45(43)51(46)44-29-28-41(32-16-5-6-17-33(32)44)48-35-18-7-9-20-37(35)49(38-21-10-8-19-36(38)48)42-27-26-40-31-15-4-3-14-30(31)34-22-13-23-39(42)47(34)40/h3-29H,2H2,1H3/i7D,8D,9D,10D,18D,19D,20D,21D. The first-order valence-corrected chi connectivity index (χ1v) is 17.2. The quantitative estimate of drug-likeness (QED) is 0.172. The lowest BCUT2D eigenvalue weighted by atomic mass is 9.83. The summed E-state index contributed by atoms with van der Waals surface area (Å²) in [4.78, 5) is 4.94. The Morgan fingerprint density at radius 3 is 1.67 bits per heavy atom. The van der Waals surface area contributed by atoms with Gasteiger partial charge in [0.25, 0.3) is 0 Å². The number of hydrogen-bond donors (Lipinski definition) is 0. The van der Waals surface area contributed by atoms with Gasteiger partial charge in [0, 0.05) is 11.8 Å². The molecule has 0 bridgehead atoms. The van der Waals surface area contributed by atoms with Crippen molar-refractivity contribution in [1.82, 2.24) is 9.55 Å². The van der Waals surface area contributed by atoms with Gasteiger partial charge in [-0.1, -0.05) is 152 Å². The van der Waals surface area contributed by atoms with Crippen molar-refractivity contribution in [2.75, 3.05) is 0 Å². The molecule has 2 heteroatoms. The molecule has 1 aliphatic rings. The maximum absolute atomic E-state index is 9.61. The van der Waals surface area contributed by atoms with E-state index in [0.717, 1.165) is 66.3 Å². The highest BCUT2D eigenvalue weighted by Gasteiger charge is 2.25. The third kappa shape index (κ3) is 3.90. The van der Waals surface area contributed by atoms with Gasteiger partial charge in [0.2, 0.25) is 0 Å². The smallest absolute Gasteiger partial charge is 0.114 e. The topological polar surface area (TPSA) is 17.8 Å². The summed E-state index contributed by atoms with van der Waals surface area (Å²) >= 11 is 0. The molecule has 0 N–H and O–H groups in total. The molecule has 11 rings (SSSR count). The maximum atomic E-state index is 9.61. The van der Waals surface area contributed by atoms with E-state index in [2.05, 4.69) is 29.7 Å². The van der Waals surface area contributed by atoms with Crippen LogP contribution in [0.1, 0.15) is 23.7 Å². The molecule has 2 nitrogen and oxygen atoms in total. The molecule has 0 fully saturated rings. The average Bonchev–Trinajstić information content (AvgIpc) is 3.81. The number of aryl methyl sites for hydroxylation is 1. The Morgan fingerprint density at radius 2 is 0.980 bits per heavy atom. The van der Waals surface area contributed by atoms with Gasteiger partial charge in [-0.15, -0.1) is 0 Å². The van der Waals surface area contributed by atoms with Gasteiger partial charge in [0.1, 0.15) is 5.82 Å². The molecule has 0 saturated heterocycles. The third-order valence-corrected chi connectivity index (χ3v) is 10.6. The molecule has 0 atom stereocenters. The van der Waals surface area contributed by atoms with Crippen molar-refractivity contribution >= 4 is 54.1 Å². The molecule has 10 aromatic rings. The van der Waals surface area contributed by atoms with E-state index in [4.69, 9.17) is 10.5 Å². The van der Waals surface area contributed by atoms with Gasteiger partial charge >= 0.3 is 0 Å². The molecule has 0 amide bonds. The van der Waals surface area contributed by atoms with E-state index in [9.17, 15) is 5.48 Å². The molecule has 0 saturated carbocycles. The van der Waals surface area contributed by atoms with E-state index in [1.54, 1.807) is 0 Å². The van der Waals surface area contributed by atoms with E-state index in [1.165, 1.54) is 0 Å². The molecule has 238 valence electrons. The lowest BCUT2D eigenvalue weighted by molar-refractivity contribution is 0.913. The Hall–Kier alpha value is -6.51. The predicted octanol–water partition coefficient (Wildman–Crippen LogP) is 13.2. The van der Waals surface area contributed by atoms with Crippen molar-refractivity contribution in [2.24, 2.45) is 0 Å². The maximum Gasteiger partial charge on any atom is 0.114 e. The number of hydrogen-bond acceptors (Lipinski definition) is 1. The van der Waals surface area contributed by atoms with Gasteiger partial charge in [-0.05, 0) is 100 Å². The number of para-hydroxylation sites is 2. The van der Waals surface area contributed by atoms with Gasteiger partial charge in [-0.2, -0.15) is 0 Å². The van der Waals surface area contributed by atoms with Crippen molar-refractivity contribution in [2.45, 2.75) is 13.3 Å². The Morgan fingerprint density at radius 1 is 0.471 bits per heavy atom. The lowest BCUT2D eigenvalue weighted by Gasteiger charge is -2.21. The zero-order valence-corrected chi connectivity index (χ0v) is 27.6. The minimum absolute atomic E-state index is 0.190. The van der Waals surface area contributed by atoms with Gasteiger partial charge in [0.05, 0.1) is 27.7 Å². The SMILES string of the molecule is [2H]c1c([2H])c([2H])c2c(-c3ccc4c5c(cccc35)-c3ccccc3-4)c3c([2H])c([2H])c([2H])c([2H])c3c(-c3ccc(-n4c(CC)nc5ccccc54)c4ccccc34)c2c1[2H]. The monoisotopic (exact) mass is 656 g/mol. The van der Waals surface area contributed by atoms with E-state index in [1.807, 2.05) is 97.1 Å². The number of benzene rings is 9. The van der Waals surface area contributed by atoms with E-state index in [0.29, 0.717) is 28.7 Å². The van der Waals surface area contributed by atoms with Gasteiger partial charge in [-0.25, -0.2) is 4.98 Å². The van der Waals surface area contributed by atoms with E-state index in [-0.39, 0.29) is 45.7 Å². The van der Waals surface area contributed by atoms with Crippen molar-refractivity contribution in [3.8, 4) is 50.2 Å². The Labute approximate surface area is 307 Å². The average molecular weight is 657 g/mol. The summed E-state index contributed by atoms with van der Waals surface area (Å²) in [6.45, 7) is 2.06. The zero-order chi connectivity index (χ0) is 40.6. The second kappa shape index (κ2) is 10.7. The van der Waals surface area contributed by atoms with Crippen molar-refractivity contribution in [1.29, 1.82) is 0 Å². The number of rotatable bonds is 4. The van der Waals surface area contributed by atoms with Crippen LogP contribution in [-0.2, 0) is 6.42 Å². The summed E-state index contributed by atoms with van der Waals surface area (Å²) in [5.74, 6) is 0.876. The highest BCUT2D eigenvalue weighted by atomic mass is 15.1. The van der Waals surface area contributed by atoms with E-state index < -0.39 is 24.2 Å². The Balaban J connectivity index is 1.35. The highest BCUT2D eigenvalue weighted by Crippen LogP contribution is 2.52. The summed E-state index contributed by atoms with van der Waals surface area (Å²) in [6, 6.07) is 35.1. The molecule has 0 unspecified atom stereocenters. The van der Waals surface area contributed by atoms with Gasteiger partial charge in [-0.3, -0.25) is 4.57 Å². The lowest BCUT2D eigenvalue weighted by Crippen LogP contribution is -2.01. The van der Waals surface area contributed by atoms with E-state index >= 15 is 0 Å². The van der Waals surface area contributed by atoms with Gasteiger partial charge in [0.15, 0.2) is 0 Å². The number of imidazole rings is 1. The first-order valence-electron chi connectivity index (χ1n) is 21.2. The normalized spacial score (nSPS) is 14.3. The van der Waals surface area contributed by atoms with Crippen LogP contribution in [0.15, 0.2) is 164 Å². The van der Waals surface area contributed by atoms with Crippen LogP contribution in [0, 0.1) is 0 Å². The highest BCUT2D eigenvalue weighted by molar-refractivity contribution is 6.27. The molecule has 0 aliphatic heterocycles. The zero-order valence-electron chi connectivity index (χ0n) is 35.6. The molecular weight excluding hydrogens is 617 g/mol. The van der Waals surface area contributed by atoms with Crippen LogP contribution < -0.4 is 0 Å². The fourth-order valence-corrected chi connectivity index (χ4v) is 8.47. The second-order valence-electron chi connectivity index (χ2n) is 13.1. The Kier molecular flexibility index (Phi) is 4.54. The van der Waals surface area contributed by atoms with Crippen LogP contribution in [0.2, 0.25) is 0 Å². The largest absolute Gasteiger partial charge is 0.296 e. The fraction of sp³-hybridized carbons (Fsp3) is 0.0408. The minimum atomic E-state index is -0.427. The van der Waals surface area contributed by atoms with Crippen molar-refractivity contribution in [3.05, 3.63) is 169 Å². The first-order chi connectivity index (χ1) is 28.6. The number of fused-ring (bicyclic) bond motifs is 7. The summed E-state index contributed by atoms with van der Waals surface area (Å²) in [5.41, 5.74) is 8.80. The second-order valence-corrected chi connectivity index (χ2v) is 13.1. The summed E-state index contributed by atoms with van der Waals surface area (Å²) in [6.07, 6.45) is 0.678. The first kappa shape index (κ1) is 21.5. The molecule has 1 aliphatic carbocycles. The number of nitrogens with zero attached hydrogens (tertiary/aromatic N) is 2. The van der Waals surface area contributed by atoms with Crippen LogP contribution in [0.5, 0.6) is 0 Å². The summed E-state index contributed by atoms with van der Waals surface area (Å²) in [5, 5.41) is 4.18. The molecule has 0 radical (unpaired) electrons. The van der Waals surface area contributed by atoms with Gasteiger partial charge < -0.3 is 0 Å². The summed E-state index contributed by atoms with van der Waals surface area (Å²) in [7, 11) is 0. The van der Waals surface area contributed by atoms with Crippen LogP contribution in [-0.4, -0.2) is 9.55 Å². The Bertz CT molecular complexity index is 3420. The molecule has 1 heterocycles. The fourth-order valence-electron chi connectivity index (χ4n) is 8.47. The van der Waals surface area contributed by atoms with Crippen LogP contribution in [0.3, 0.4) is 0 Å². The molecule has 9 aromatic carbocycles.